The molecular formula is C26H34Cl2N6. The van der Waals surface area contributed by atoms with Crippen molar-refractivity contribution in [1.29, 1.82) is 0 Å². The summed E-state index contributed by atoms with van der Waals surface area (Å²) in [7, 11) is 0. The van der Waals surface area contributed by atoms with Gasteiger partial charge in [-0.2, -0.15) is 5.10 Å². The van der Waals surface area contributed by atoms with Crippen molar-refractivity contribution in [3.63, 3.8) is 0 Å². The van der Waals surface area contributed by atoms with E-state index in [2.05, 4.69) is 23.6 Å². The number of hydrogen-bond donors (Lipinski definition) is 0. The average molecular weight is 502 g/mol. The lowest BCUT2D eigenvalue weighted by molar-refractivity contribution is 0.132. The van der Waals surface area contributed by atoms with Crippen molar-refractivity contribution in [2.75, 3.05) is 31.1 Å². The number of anilines is 1. The van der Waals surface area contributed by atoms with Gasteiger partial charge in [0.25, 0.3) is 0 Å². The predicted molar refractivity (Wildman–Crippen MR) is 140 cm³/mol. The molecule has 0 aliphatic carbocycles. The van der Waals surface area contributed by atoms with Crippen LogP contribution < -0.4 is 4.90 Å². The Morgan fingerprint density at radius 1 is 1.06 bits per heavy atom. The molecule has 1 unspecified atom stereocenters. The Hall–Kier alpha value is -1.89. The topological polar surface area (TPSA) is 50.1 Å². The average Bonchev–Trinajstić information content (AvgIpc) is 2.98. The molecule has 1 aromatic carbocycles. The first kappa shape index (κ1) is 23.8. The Balaban J connectivity index is 1.40. The van der Waals surface area contributed by atoms with Crippen molar-refractivity contribution in [2.45, 2.75) is 65.0 Å². The third-order valence-corrected chi connectivity index (χ3v) is 8.19. The summed E-state index contributed by atoms with van der Waals surface area (Å²) in [5, 5.41) is 6.05. The second-order valence-electron chi connectivity index (χ2n) is 10.0. The zero-order chi connectivity index (χ0) is 23.8. The van der Waals surface area contributed by atoms with Crippen LogP contribution in [0.25, 0.3) is 11.2 Å². The van der Waals surface area contributed by atoms with Crippen LogP contribution in [0.15, 0.2) is 24.4 Å². The summed E-state index contributed by atoms with van der Waals surface area (Å²) in [5.41, 5.74) is 3.48. The number of aromatic nitrogens is 4. The van der Waals surface area contributed by atoms with E-state index < -0.39 is 0 Å². The first-order valence-electron chi connectivity index (χ1n) is 12.6. The van der Waals surface area contributed by atoms with Gasteiger partial charge < -0.3 is 4.90 Å². The summed E-state index contributed by atoms with van der Waals surface area (Å²) in [6.07, 6.45) is 8.54. The number of halogens is 2. The van der Waals surface area contributed by atoms with Gasteiger partial charge in [0.15, 0.2) is 5.65 Å². The van der Waals surface area contributed by atoms with Crippen LogP contribution in [-0.4, -0.2) is 56.9 Å². The van der Waals surface area contributed by atoms with Crippen molar-refractivity contribution in [1.82, 2.24) is 24.6 Å². The molecule has 182 valence electrons. The number of benzene rings is 1. The van der Waals surface area contributed by atoms with E-state index in [0.29, 0.717) is 22.0 Å². The number of rotatable bonds is 4. The Bertz CT molecular complexity index is 1150. The molecule has 4 heterocycles. The van der Waals surface area contributed by atoms with E-state index in [-0.39, 0.29) is 6.04 Å². The van der Waals surface area contributed by atoms with E-state index in [1.165, 1.54) is 45.2 Å². The van der Waals surface area contributed by atoms with Crippen LogP contribution in [0.4, 0.5) is 5.82 Å². The summed E-state index contributed by atoms with van der Waals surface area (Å²) >= 11 is 12.6. The van der Waals surface area contributed by atoms with Gasteiger partial charge in [-0.05, 0) is 69.8 Å². The van der Waals surface area contributed by atoms with Crippen molar-refractivity contribution in [3.8, 4) is 0 Å². The smallest absolute Gasteiger partial charge is 0.179 e. The lowest BCUT2D eigenvalue weighted by atomic mass is 9.92. The molecule has 3 atom stereocenters. The van der Waals surface area contributed by atoms with E-state index in [4.69, 9.17) is 38.3 Å². The lowest BCUT2D eigenvalue weighted by Gasteiger charge is -2.42. The maximum absolute atomic E-state index is 6.52. The molecule has 2 saturated heterocycles. The van der Waals surface area contributed by atoms with Crippen LogP contribution in [0, 0.1) is 12.8 Å². The van der Waals surface area contributed by atoms with Gasteiger partial charge in [-0.3, -0.25) is 4.90 Å². The SMILES string of the molecule is Cc1nn([C@H](C)c2ccc(Cl)cc2Cl)c2nc(N3CCC(N4CCCCCC4)[C@H](C)C3)cnc12. The largest absolute Gasteiger partial charge is 0.355 e. The fourth-order valence-corrected chi connectivity index (χ4v) is 6.31. The maximum atomic E-state index is 6.52. The highest BCUT2D eigenvalue weighted by Crippen LogP contribution is 2.32. The molecule has 0 amide bonds. The molecule has 0 bridgehead atoms. The minimum atomic E-state index is -0.0850. The molecule has 2 aliphatic heterocycles. The molecule has 0 radical (unpaired) electrons. The Labute approximate surface area is 212 Å². The van der Waals surface area contributed by atoms with Crippen LogP contribution in [0.2, 0.25) is 10.0 Å². The molecule has 6 nitrogen and oxygen atoms in total. The Morgan fingerprint density at radius 2 is 1.82 bits per heavy atom. The van der Waals surface area contributed by atoms with Crippen LogP contribution in [-0.2, 0) is 0 Å². The van der Waals surface area contributed by atoms with Gasteiger partial charge in [-0.1, -0.05) is 49.0 Å². The highest BCUT2D eigenvalue weighted by Gasteiger charge is 2.32. The van der Waals surface area contributed by atoms with Gasteiger partial charge in [-0.25, -0.2) is 14.6 Å². The summed E-state index contributed by atoms with van der Waals surface area (Å²) in [5.74, 6) is 1.53. The summed E-state index contributed by atoms with van der Waals surface area (Å²) in [6, 6.07) is 6.19. The van der Waals surface area contributed by atoms with Crippen LogP contribution in [0.5, 0.6) is 0 Å². The van der Waals surface area contributed by atoms with Crippen molar-refractivity contribution >= 4 is 40.2 Å². The second kappa shape index (κ2) is 10.00. The fraction of sp³-hybridized carbons (Fsp3) is 0.577. The number of hydrogen-bond acceptors (Lipinski definition) is 5. The zero-order valence-electron chi connectivity index (χ0n) is 20.3. The minimum absolute atomic E-state index is 0.0850. The molecule has 34 heavy (non-hydrogen) atoms. The maximum Gasteiger partial charge on any atom is 0.179 e. The van der Waals surface area contributed by atoms with E-state index in [0.717, 1.165) is 41.3 Å². The molecule has 2 fully saturated rings. The van der Waals surface area contributed by atoms with Crippen LogP contribution >= 0.6 is 23.2 Å². The third-order valence-electron chi connectivity index (χ3n) is 7.63. The number of fused-ring (bicyclic) bond motifs is 1. The van der Waals surface area contributed by atoms with Gasteiger partial charge in [0.05, 0.1) is 17.9 Å². The molecular weight excluding hydrogens is 467 g/mol. The molecule has 3 aromatic rings. The van der Waals surface area contributed by atoms with E-state index in [1.807, 2.05) is 29.9 Å². The number of likely N-dealkylation sites (tertiary alicyclic amines) is 1. The normalized spacial score (nSPS) is 23.3. The van der Waals surface area contributed by atoms with E-state index in [1.54, 1.807) is 6.07 Å². The van der Waals surface area contributed by atoms with Gasteiger partial charge in [-0.15, -0.1) is 0 Å². The monoisotopic (exact) mass is 500 g/mol. The molecule has 5 rings (SSSR count). The van der Waals surface area contributed by atoms with Crippen molar-refractivity contribution in [2.24, 2.45) is 5.92 Å². The zero-order valence-corrected chi connectivity index (χ0v) is 21.9. The standard InChI is InChI=1S/C26H34Cl2N6/c1-17-16-33(13-10-23(17)32-11-6-4-5-7-12-32)24-15-29-25-18(2)31-34(26(25)30-24)19(3)21-9-8-20(27)14-22(21)28/h8-9,14-15,17,19,23H,4-7,10-13,16H2,1-3H3/t17-,19-,23?/m1/s1. The highest BCUT2D eigenvalue weighted by molar-refractivity contribution is 6.35. The molecule has 8 heteroatoms. The van der Waals surface area contributed by atoms with Crippen LogP contribution in [0.1, 0.15) is 63.3 Å². The summed E-state index contributed by atoms with van der Waals surface area (Å²) < 4.78 is 1.95. The summed E-state index contributed by atoms with van der Waals surface area (Å²) in [4.78, 5) is 15.0. The van der Waals surface area contributed by atoms with E-state index >= 15 is 0 Å². The molecule has 2 aliphatic rings. The van der Waals surface area contributed by atoms with Crippen LogP contribution in [0.3, 0.4) is 0 Å². The first-order valence-corrected chi connectivity index (χ1v) is 13.3. The van der Waals surface area contributed by atoms with Gasteiger partial charge in [0.2, 0.25) is 0 Å². The first-order chi connectivity index (χ1) is 16.4. The van der Waals surface area contributed by atoms with E-state index in [9.17, 15) is 0 Å². The fourth-order valence-electron chi connectivity index (χ4n) is 5.75. The molecule has 2 aromatic heterocycles. The molecule has 0 spiro atoms. The minimum Gasteiger partial charge on any atom is -0.355 e. The third kappa shape index (κ3) is 4.65. The van der Waals surface area contributed by atoms with Gasteiger partial charge >= 0.3 is 0 Å². The molecule has 0 N–H and O–H groups in total. The molecule has 0 saturated carbocycles. The number of nitrogens with zero attached hydrogens (tertiary/aromatic N) is 6. The van der Waals surface area contributed by atoms with Gasteiger partial charge in [0.1, 0.15) is 11.3 Å². The summed E-state index contributed by atoms with van der Waals surface area (Å²) in [6.45, 7) is 11.0. The quantitative estimate of drug-likeness (QED) is 0.430. The van der Waals surface area contributed by atoms with Crippen molar-refractivity contribution in [3.05, 3.63) is 45.7 Å². The lowest BCUT2D eigenvalue weighted by Crippen LogP contribution is -2.50. The number of aryl methyl sites for hydroxylation is 1. The van der Waals surface area contributed by atoms with Crippen molar-refractivity contribution < 1.29 is 0 Å². The Kier molecular flexibility index (Phi) is 7.01. The predicted octanol–water partition coefficient (Wildman–Crippen LogP) is 6.14. The number of piperidine rings is 1. The highest BCUT2D eigenvalue weighted by atomic mass is 35.5. The van der Waals surface area contributed by atoms with Gasteiger partial charge in [0, 0.05) is 29.2 Å². The Morgan fingerprint density at radius 3 is 2.53 bits per heavy atom. The second-order valence-corrected chi connectivity index (χ2v) is 10.8.